The van der Waals surface area contributed by atoms with E-state index in [1.54, 1.807) is 42.5 Å². The molecule has 21 nitrogen and oxygen atoms in total. The van der Waals surface area contributed by atoms with Crippen LogP contribution in [0.5, 0.6) is 0 Å². The Kier molecular flexibility index (Phi) is 13.6. The summed E-state index contributed by atoms with van der Waals surface area (Å²) in [6, 6.07) is 23.8. The first kappa shape index (κ1) is 44.4. The smallest absolute Gasteiger partial charge is 0.475 e. The average molecular weight is 939 g/mol. The van der Waals surface area contributed by atoms with Crippen LogP contribution >= 0.6 is 34.8 Å². The molecule has 4 aromatic heterocycles. The number of aromatic amines is 2. The Balaban J connectivity index is 0.000000809. The molecule has 4 amide bonds. The summed E-state index contributed by atoms with van der Waals surface area (Å²) in [5.74, 6) is -2.02. The van der Waals surface area contributed by atoms with Crippen LogP contribution in [0, 0.1) is 0 Å². The molecule has 0 fully saturated rings. The Hall–Kier alpha value is -7.70. The van der Waals surface area contributed by atoms with Crippen molar-refractivity contribution in [2.24, 2.45) is 0 Å². The van der Waals surface area contributed by atoms with Crippen molar-refractivity contribution in [3.05, 3.63) is 129 Å². The van der Waals surface area contributed by atoms with Gasteiger partial charge in [-0.2, -0.15) is 18.3 Å². The van der Waals surface area contributed by atoms with Gasteiger partial charge in [-0.25, -0.2) is 24.0 Å². The van der Waals surface area contributed by atoms with E-state index in [9.17, 15) is 22.8 Å². The maximum absolute atomic E-state index is 13.4. The van der Waals surface area contributed by atoms with E-state index in [4.69, 9.17) is 49.7 Å². The van der Waals surface area contributed by atoms with Gasteiger partial charge in [0.05, 0.1) is 22.9 Å². The predicted molar refractivity (Wildman–Crippen MR) is 223 cm³/mol. The molecule has 0 aliphatic rings. The Bertz CT molecular complexity index is 2900. The molecule has 0 aliphatic heterocycles. The highest BCUT2D eigenvalue weighted by atomic mass is 35.5. The second-order valence-corrected chi connectivity index (χ2v) is 14.5. The zero-order chi connectivity index (χ0) is 45.4. The maximum atomic E-state index is 13.4. The molecular formula is C37H29Cl3F3N17O4. The largest absolute Gasteiger partial charge is 0.490 e. The fourth-order valence-electron chi connectivity index (χ4n) is 6.07. The van der Waals surface area contributed by atoms with Crippen LogP contribution in [0.25, 0.3) is 33.5 Å². The maximum Gasteiger partial charge on any atom is 0.490 e. The number of carbonyl (C=O) groups is 3. The van der Waals surface area contributed by atoms with Gasteiger partial charge in [0.15, 0.2) is 5.82 Å². The Labute approximate surface area is 371 Å². The van der Waals surface area contributed by atoms with Gasteiger partial charge in [-0.15, -0.1) is 9.90 Å². The first-order chi connectivity index (χ1) is 30.7. The lowest BCUT2D eigenvalue weighted by atomic mass is 10.1. The van der Waals surface area contributed by atoms with Gasteiger partial charge in [-0.1, -0.05) is 71.2 Å². The zero-order valence-corrected chi connectivity index (χ0v) is 34.5. The lowest BCUT2D eigenvalue weighted by Crippen LogP contribution is -2.39. The summed E-state index contributed by atoms with van der Waals surface area (Å²) >= 11 is 19.2. The van der Waals surface area contributed by atoms with Crippen molar-refractivity contribution in [3.63, 3.8) is 0 Å². The van der Waals surface area contributed by atoms with Gasteiger partial charge >= 0.3 is 24.2 Å². The van der Waals surface area contributed by atoms with Crippen LogP contribution < -0.4 is 21.3 Å². The lowest BCUT2D eigenvalue weighted by Gasteiger charge is -2.18. The Morgan fingerprint density at radius 3 is 2.11 bits per heavy atom. The van der Waals surface area contributed by atoms with Crippen molar-refractivity contribution in [1.82, 2.24) is 82.0 Å². The number of rotatable bonds is 12. The molecule has 0 bridgehead atoms. The number of halogens is 6. The fourth-order valence-corrected chi connectivity index (χ4v) is 6.71. The number of alkyl halides is 3. The van der Waals surface area contributed by atoms with Gasteiger partial charge in [0.25, 0.3) is 0 Å². The molecule has 4 heterocycles. The highest BCUT2D eigenvalue weighted by Crippen LogP contribution is 2.32. The quantitative estimate of drug-likeness (QED) is 0.0742. The minimum atomic E-state index is -5.08. The first-order valence-electron chi connectivity index (χ1n) is 18.3. The summed E-state index contributed by atoms with van der Waals surface area (Å²) in [4.78, 5) is 44.5. The zero-order valence-electron chi connectivity index (χ0n) is 32.2. The number of fused-ring (bicyclic) bond motifs is 1. The van der Waals surface area contributed by atoms with Gasteiger partial charge < -0.3 is 26.0 Å². The number of aliphatic carboxylic acids is 1. The molecule has 27 heteroatoms. The molecule has 1 atom stereocenters. The van der Waals surface area contributed by atoms with Crippen LogP contribution in [0.4, 0.5) is 28.6 Å². The number of carbonyl (C=O) groups excluding carboxylic acids is 2. The summed E-state index contributed by atoms with van der Waals surface area (Å²) < 4.78 is 33.2. The summed E-state index contributed by atoms with van der Waals surface area (Å²) in [7, 11) is 0. The van der Waals surface area contributed by atoms with Crippen molar-refractivity contribution in [2.75, 3.05) is 5.32 Å². The van der Waals surface area contributed by atoms with E-state index in [0.717, 1.165) is 5.56 Å². The van der Waals surface area contributed by atoms with Crippen LogP contribution in [0.1, 0.15) is 28.6 Å². The number of nitrogens with one attached hydrogen (secondary N) is 6. The molecule has 0 saturated heterocycles. The van der Waals surface area contributed by atoms with Crippen LogP contribution in [-0.2, 0) is 24.3 Å². The number of H-pyrrole nitrogens is 2. The van der Waals surface area contributed by atoms with Crippen LogP contribution in [0.2, 0.25) is 15.2 Å². The van der Waals surface area contributed by atoms with Crippen molar-refractivity contribution >= 4 is 69.6 Å². The van der Waals surface area contributed by atoms with Crippen LogP contribution in [-0.4, -0.2) is 95.3 Å². The van der Waals surface area contributed by atoms with Crippen LogP contribution in [0.15, 0.2) is 91.3 Å². The Morgan fingerprint density at radius 1 is 0.797 bits per heavy atom. The van der Waals surface area contributed by atoms with E-state index < -0.39 is 30.2 Å². The third-order valence-electron chi connectivity index (χ3n) is 8.97. The van der Waals surface area contributed by atoms with Crippen molar-refractivity contribution in [3.8, 4) is 22.6 Å². The summed E-state index contributed by atoms with van der Waals surface area (Å²) in [6.07, 6.45) is -3.21. The molecule has 0 saturated carbocycles. The number of hydrogen-bond acceptors (Lipinski definition) is 12. The lowest BCUT2D eigenvalue weighted by molar-refractivity contribution is -0.192. The summed E-state index contributed by atoms with van der Waals surface area (Å²) in [5.41, 5.74) is 5.26. The molecule has 0 spiro atoms. The Morgan fingerprint density at radius 2 is 1.45 bits per heavy atom. The summed E-state index contributed by atoms with van der Waals surface area (Å²) in [6.45, 7) is 0.233. The number of tetrazole rings is 1. The van der Waals surface area contributed by atoms with Crippen LogP contribution in [0.3, 0.4) is 0 Å². The van der Waals surface area contributed by atoms with E-state index >= 15 is 0 Å². The molecule has 8 rings (SSSR count). The van der Waals surface area contributed by atoms with Crippen molar-refractivity contribution < 1.29 is 32.7 Å². The van der Waals surface area contributed by atoms with Gasteiger partial charge in [0, 0.05) is 39.6 Å². The number of carboxylic acids is 1. The number of benzene rings is 4. The highest BCUT2D eigenvalue weighted by Gasteiger charge is 2.38. The number of nitrogens with zero attached hydrogens (tertiary/aromatic N) is 11. The molecular weight excluding hydrogens is 910 g/mol. The molecule has 7 N–H and O–H groups in total. The van der Waals surface area contributed by atoms with Crippen molar-refractivity contribution in [1.29, 1.82) is 0 Å². The number of amides is 4. The first-order valence-corrected chi connectivity index (χ1v) is 19.4. The number of anilines is 1. The molecule has 0 unspecified atom stereocenters. The number of hydrogen-bond donors (Lipinski definition) is 7. The van der Waals surface area contributed by atoms with Crippen molar-refractivity contribution in [2.45, 2.75) is 31.7 Å². The van der Waals surface area contributed by atoms with E-state index in [1.807, 2.05) is 42.5 Å². The van der Waals surface area contributed by atoms with Gasteiger partial charge in [0.1, 0.15) is 23.0 Å². The molecule has 8 aromatic rings. The highest BCUT2D eigenvalue weighted by molar-refractivity contribution is 6.32. The minimum absolute atomic E-state index is 0.0995. The van der Waals surface area contributed by atoms with Gasteiger partial charge in [0.2, 0.25) is 0 Å². The van der Waals surface area contributed by atoms with E-state index in [-0.39, 0.29) is 18.2 Å². The van der Waals surface area contributed by atoms with Gasteiger partial charge in [-0.05, 0) is 97.4 Å². The standard InChI is InChI=1S/C35H28Cl3N17O2.C2HF3O2/c36-23-7-10-28(54-18-41-48-51-54)21(13-23)16-39-34(56)42-27(12-19-4-2-1-3-5-19)33-43-30(31(38)44-33)20-6-9-25-26(15-20)46-47-32(25)45-35(57)40-17-22-14-24(37)8-11-29(22)55-52-49-50-53-55;3-2(4,5)1(6)7/h1-11,13-15,18,27H,12,16-17H2,(H,43,44)(H2,39,42,56)(H3,40,45,46,47,57);(H,6,7)/t27-;/m0./s1. The predicted octanol–water partition coefficient (Wildman–Crippen LogP) is 6.00. The number of carboxylic acid groups (broad SMARTS) is 1. The number of aromatic nitrogens is 13. The molecule has 0 aliphatic carbocycles. The molecule has 64 heavy (non-hydrogen) atoms. The number of imidazole rings is 1. The topological polar surface area (TPSA) is 277 Å². The van der Waals surface area contributed by atoms with E-state index in [0.29, 0.717) is 72.8 Å². The third-order valence-corrected chi connectivity index (χ3v) is 9.71. The molecule has 328 valence electrons. The number of urea groups is 2. The SMILES string of the molecule is O=C(NCc1cc(Cl)ccc1-n1nnnn1)Nc1n[nH]c2cc(-c3nc([C@H](Cc4ccccc4)NC(=O)NCc4cc(Cl)ccc4-n4cnnn4)[nH]c3Cl)ccc12.O=C(O)C(F)(F)F. The van der Waals surface area contributed by atoms with Gasteiger partial charge in [-0.3, -0.25) is 10.4 Å². The normalized spacial score (nSPS) is 11.7. The summed E-state index contributed by atoms with van der Waals surface area (Å²) in [5, 5.41) is 53.7. The van der Waals surface area contributed by atoms with E-state index in [2.05, 4.69) is 72.8 Å². The fraction of sp³-hybridized carbons (Fsp3) is 0.135. The van der Waals surface area contributed by atoms with E-state index in [1.165, 1.54) is 15.8 Å². The molecule has 4 aromatic carbocycles. The average Bonchev–Trinajstić information content (AvgIpc) is 4.12. The molecule has 0 radical (unpaired) electrons. The second-order valence-electron chi connectivity index (χ2n) is 13.2. The monoisotopic (exact) mass is 937 g/mol. The third kappa shape index (κ3) is 11.0. The second kappa shape index (κ2) is 19.6. The minimum Gasteiger partial charge on any atom is -0.475 e.